The van der Waals surface area contributed by atoms with Gasteiger partial charge in [-0.25, -0.2) is 4.98 Å². The van der Waals surface area contributed by atoms with Crippen LogP contribution in [0.15, 0.2) is 36.7 Å². The average molecular weight is 213 g/mol. The summed E-state index contributed by atoms with van der Waals surface area (Å²) in [5.74, 6) is 0.714. The standard InChI is InChI=1S/C11H11N5/c12-9-10-3-1-4-11(15-10)13-6-8-16-7-2-5-14-16/h1-5,7H,6,8H2,(H,13,15). The predicted octanol–water partition coefficient (Wildman–Crippen LogP) is 1.26. The molecule has 80 valence electrons. The minimum Gasteiger partial charge on any atom is -0.368 e. The van der Waals surface area contributed by atoms with E-state index in [1.807, 2.05) is 35.1 Å². The van der Waals surface area contributed by atoms with Crippen LogP contribution >= 0.6 is 0 Å². The maximum atomic E-state index is 8.68. The summed E-state index contributed by atoms with van der Waals surface area (Å²) in [6.45, 7) is 1.50. The van der Waals surface area contributed by atoms with Gasteiger partial charge in [0, 0.05) is 18.9 Å². The van der Waals surface area contributed by atoms with Crippen LogP contribution in [0.25, 0.3) is 0 Å². The van der Waals surface area contributed by atoms with E-state index in [9.17, 15) is 0 Å². The zero-order chi connectivity index (χ0) is 11.2. The van der Waals surface area contributed by atoms with Gasteiger partial charge in [-0.15, -0.1) is 0 Å². The Labute approximate surface area is 93.4 Å². The number of anilines is 1. The number of aromatic nitrogens is 3. The molecule has 0 bridgehead atoms. The Hall–Kier alpha value is -2.35. The summed E-state index contributed by atoms with van der Waals surface area (Å²) in [7, 11) is 0. The molecule has 0 aliphatic carbocycles. The van der Waals surface area contributed by atoms with Gasteiger partial charge in [0.15, 0.2) is 0 Å². The number of nitrogens with zero attached hydrogens (tertiary/aromatic N) is 4. The molecule has 0 atom stereocenters. The van der Waals surface area contributed by atoms with Crippen LogP contribution in [0, 0.1) is 11.3 Å². The van der Waals surface area contributed by atoms with Gasteiger partial charge in [-0.2, -0.15) is 10.4 Å². The van der Waals surface area contributed by atoms with Crippen molar-refractivity contribution in [2.45, 2.75) is 6.54 Å². The fourth-order valence-electron chi connectivity index (χ4n) is 1.33. The normalized spacial score (nSPS) is 9.69. The number of rotatable bonds is 4. The Morgan fingerprint density at radius 3 is 3.06 bits per heavy atom. The van der Waals surface area contributed by atoms with Crippen LogP contribution in [0.3, 0.4) is 0 Å². The van der Waals surface area contributed by atoms with E-state index in [1.54, 1.807) is 12.3 Å². The van der Waals surface area contributed by atoms with Crippen molar-refractivity contribution in [1.29, 1.82) is 5.26 Å². The Kier molecular flexibility index (Phi) is 3.14. The van der Waals surface area contributed by atoms with E-state index in [1.165, 1.54) is 0 Å². The molecule has 0 unspecified atom stereocenters. The lowest BCUT2D eigenvalue weighted by Gasteiger charge is -2.05. The summed E-state index contributed by atoms with van der Waals surface area (Å²) in [6.07, 6.45) is 3.65. The fraction of sp³-hybridized carbons (Fsp3) is 0.182. The van der Waals surface area contributed by atoms with E-state index >= 15 is 0 Å². The second-order valence-electron chi connectivity index (χ2n) is 3.22. The van der Waals surface area contributed by atoms with Gasteiger partial charge in [0.1, 0.15) is 17.6 Å². The van der Waals surface area contributed by atoms with Crippen molar-refractivity contribution in [3.05, 3.63) is 42.4 Å². The molecule has 2 aromatic heterocycles. The molecule has 2 heterocycles. The summed E-state index contributed by atoms with van der Waals surface area (Å²) in [5, 5.41) is 15.9. The monoisotopic (exact) mass is 213 g/mol. The highest BCUT2D eigenvalue weighted by molar-refractivity contribution is 5.38. The molecule has 0 saturated carbocycles. The van der Waals surface area contributed by atoms with E-state index in [0.717, 1.165) is 13.1 Å². The molecule has 1 N–H and O–H groups in total. The molecule has 0 amide bonds. The van der Waals surface area contributed by atoms with E-state index < -0.39 is 0 Å². The highest BCUT2D eigenvalue weighted by Crippen LogP contribution is 2.03. The topological polar surface area (TPSA) is 66.5 Å². The van der Waals surface area contributed by atoms with Gasteiger partial charge in [0.05, 0.1) is 6.54 Å². The second kappa shape index (κ2) is 4.94. The van der Waals surface area contributed by atoms with Crippen LogP contribution < -0.4 is 5.32 Å². The van der Waals surface area contributed by atoms with Gasteiger partial charge in [0.2, 0.25) is 0 Å². The SMILES string of the molecule is N#Cc1cccc(NCCn2cccn2)n1. The Balaban J connectivity index is 1.88. The quantitative estimate of drug-likeness (QED) is 0.830. The highest BCUT2D eigenvalue weighted by Gasteiger charge is 1.96. The minimum atomic E-state index is 0.420. The zero-order valence-electron chi connectivity index (χ0n) is 8.67. The van der Waals surface area contributed by atoms with E-state index in [-0.39, 0.29) is 0 Å². The van der Waals surface area contributed by atoms with Gasteiger partial charge in [0.25, 0.3) is 0 Å². The summed E-state index contributed by atoms with van der Waals surface area (Å²) in [5.41, 5.74) is 0.420. The summed E-state index contributed by atoms with van der Waals surface area (Å²) in [4.78, 5) is 4.11. The van der Waals surface area contributed by atoms with Gasteiger partial charge in [-0.1, -0.05) is 6.07 Å². The van der Waals surface area contributed by atoms with Crippen LogP contribution in [0.4, 0.5) is 5.82 Å². The first kappa shape index (κ1) is 10.2. The molecule has 16 heavy (non-hydrogen) atoms. The van der Waals surface area contributed by atoms with Crippen LogP contribution in [-0.2, 0) is 6.54 Å². The zero-order valence-corrected chi connectivity index (χ0v) is 8.67. The van der Waals surface area contributed by atoms with Crippen LogP contribution in [0.5, 0.6) is 0 Å². The first-order valence-corrected chi connectivity index (χ1v) is 4.97. The maximum Gasteiger partial charge on any atom is 0.142 e. The fourth-order valence-corrected chi connectivity index (χ4v) is 1.33. The third kappa shape index (κ3) is 2.58. The van der Waals surface area contributed by atoms with Gasteiger partial charge in [-0.3, -0.25) is 4.68 Å². The average Bonchev–Trinajstić information content (AvgIpc) is 2.82. The number of nitriles is 1. The molecule has 0 aliphatic heterocycles. The lowest BCUT2D eigenvalue weighted by Crippen LogP contribution is -2.11. The Morgan fingerprint density at radius 2 is 2.31 bits per heavy atom. The number of pyridine rings is 1. The first-order valence-electron chi connectivity index (χ1n) is 4.97. The number of hydrogen-bond donors (Lipinski definition) is 1. The van der Waals surface area contributed by atoms with Crippen molar-refractivity contribution in [1.82, 2.24) is 14.8 Å². The predicted molar refractivity (Wildman–Crippen MR) is 59.7 cm³/mol. The van der Waals surface area contributed by atoms with Crippen molar-refractivity contribution in [2.75, 3.05) is 11.9 Å². The van der Waals surface area contributed by atoms with Crippen molar-refractivity contribution < 1.29 is 0 Å². The van der Waals surface area contributed by atoms with Gasteiger partial charge >= 0.3 is 0 Å². The molecule has 0 radical (unpaired) electrons. The Bertz CT molecular complexity index is 483. The summed E-state index contributed by atoms with van der Waals surface area (Å²) < 4.78 is 1.83. The third-order valence-corrected chi connectivity index (χ3v) is 2.07. The maximum absolute atomic E-state index is 8.68. The molecule has 0 aromatic carbocycles. The number of hydrogen-bond acceptors (Lipinski definition) is 4. The molecule has 5 heteroatoms. The lowest BCUT2D eigenvalue weighted by atomic mass is 10.3. The molecule has 2 rings (SSSR count). The largest absolute Gasteiger partial charge is 0.368 e. The number of nitrogens with one attached hydrogen (secondary N) is 1. The van der Waals surface area contributed by atoms with Gasteiger partial charge < -0.3 is 5.32 Å². The molecular formula is C11H11N5. The highest BCUT2D eigenvalue weighted by atomic mass is 15.3. The third-order valence-electron chi connectivity index (χ3n) is 2.07. The minimum absolute atomic E-state index is 0.420. The van der Waals surface area contributed by atoms with Crippen molar-refractivity contribution in [2.24, 2.45) is 0 Å². The smallest absolute Gasteiger partial charge is 0.142 e. The first-order chi connectivity index (χ1) is 7.88. The van der Waals surface area contributed by atoms with Crippen LogP contribution in [-0.4, -0.2) is 21.3 Å². The van der Waals surface area contributed by atoms with Gasteiger partial charge in [-0.05, 0) is 18.2 Å². The molecule has 0 spiro atoms. The van der Waals surface area contributed by atoms with E-state index in [4.69, 9.17) is 5.26 Å². The summed E-state index contributed by atoms with van der Waals surface area (Å²) >= 11 is 0. The molecule has 0 fully saturated rings. The second-order valence-corrected chi connectivity index (χ2v) is 3.22. The van der Waals surface area contributed by atoms with E-state index in [0.29, 0.717) is 11.5 Å². The lowest BCUT2D eigenvalue weighted by molar-refractivity contribution is 0.637. The van der Waals surface area contributed by atoms with Crippen molar-refractivity contribution >= 4 is 5.82 Å². The van der Waals surface area contributed by atoms with Crippen LogP contribution in [0.1, 0.15) is 5.69 Å². The summed E-state index contributed by atoms with van der Waals surface area (Å²) in [6, 6.07) is 9.21. The Morgan fingerprint density at radius 1 is 1.38 bits per heavy atom. The molecular weight excluding hydrogens is 202 g/mol. The van der Waals surface area contributed by atoms with E-state index in [2.05, 4.69) is 15.4 Å². The molecule has 5 nitrogen and oxygen atoms in total. The van der Waals surface area contributed by atoms with Crippen molar-refractivity contribution in [3.8, 4) is 6.07 Å². The van der Waals surface area contributed by atoms with Crippen molar-refractivity contribution in [3.63, 3.8) is 0 Å². The molecule has 0 aliphatic rings. The molecule has 0 saturated heterocycles. The van der Waals surface area contributed by atoms with Crippen LogP contribution in [0.2, 0.25) is 0 Å². The molecule has 2 aromatic rings.